The van der Waals surface area contributed by atoms with E-state index in [1.54, 1.807) is 0 Å². The molecule has 1 saturated carbocycles. The quantitative estimate of drug-likeness (QED) is 0.0132. The number of carbonyl (C=O) groups is 2. The Bertz CT molecular complexity index is 1250. The maximum absolute atomic E-state index is 13.0. The van der Waals surface area contributed by atoms with Crippen molar-refractivity contribution in [1.82, 2.24) is 0 Å². The number of phosphoric ester groups is 2. The molecule has 360 valence electrons. The molecule has 18 heteroatoms. The number of rotatable bonds is 39. The fourth-order valence-electron chi connectivity index (χ4n) is 7.20. The van der Waals surface area contributed by atoms with Crippen molar-refractivity contribution >= 4 is 27.6 Å². The van der Waals surface area contributed by atoms with Crippen LogP contribution in [0.15, 0.2) is 12.2 Å². The smallest absolute Gasteiger partial charge is 0.462 e. The van der Waals surface area contributed by atoms with Crippen molar-refractivity contribution in [2.45, 2.75) is 236 Å². The molecule has 0 aromatic heterocycles. The lowest BCUT2D eigenvalue weighted by molar-refractivity contribution is -0.216. The molecule has 61 heavy (non-hydrogen) atoms. The number of ether oxygens (including phenoxy) is 2. The monoisotopic (exact) mass is 917 g/mol. The van der Waals surface area contributed by atoms with E-state index in [2.05, 4.69) is 30.5 Å². The second kappa shape index (κ2) is 35.1. The summed E-state index contributed by atoms with van der Waals surface area (Å²) in [6.45, 7) is 3.10. The van der Waals surface area contributed by atoms with Crippen LogP contribution in [0.5, 0.6) is 0 Å². The molecular weight excluding hydrogens is 834 g/mol. The van der Waals surface area contributed by atoms with E-state index in [0.29, 0.717) is 12.8 Å². The number of allylic oxidation sites excluding steroid dienone is 2. The van der Waals surface area contributed by atoms with Gasteiger partial charge in [0, 0.05) is 12.8 Å². The van der Waals surface area contributed by atoms with Gasteiger partial charge in [0.2, 0.25) is 0 Å². The molecule has 7 N–H and O–H groups in total. The first-order valence-electron chi connectivity index (χ1n) is 23.2. The second-order valence-corrected chi connectivity index (χ2v) is 19.1. The summed E-state index contributed by atoms with van der Waals surface area (Å²) >= 11 is 0. The van der Waals surface area contributed by atoms with Crippen LogP contribution in [-0.2, 0) is 41.8 Å². The van der Waals surface area contributed by atoms with Gasteiger partial charge in [0.25, 0.3) is 0 Å². The van der Waals surface area contributed by atoms with Gasteiger partial charge >= 0.3 is 27.6 Å². The first-order valence-corrected chi connectivity index (χ1v) is 26.3. The van der Waals surface area contributed by atoms with Crippen molar-refractivity contribution in [1.29, 1.82) is 0 Å². The summed E-state index contributed by atoms with van der Waals surface area (Å²) in [6.07, 6.45) is 18.9. The topological polar surface area (TPSA) is 256 Å². The zero-order chi connectivity index (χ0) is 45.4. The Labute approximate surface area is 365 Å². The highest BCUT2D eigenvalue weighted by atomic mass is 31.2. The minimum atomic E-state index is -5.36. The Morgan fingerprint density at radius 2 is 0.902 bits per heavy atom. The van der Waals surface area contributed by atoms with E-state index in [-0.39, 0.29) is 12.8 Å². The minimum Gasteiger partial charge on any atom is -0.462 e. The van der Waals surface area contributed by atoms with Crippen LogP contribution in [0, 0.1) is 0 Å². The molecule has 0 aromatic carbocycles. The van der Waals surface area contributed by atoms with Crippen LogP contribution >= 0.6 is 15.6 Å². The highest BCUT2D eigenvalue weighted by Gasteiger charge is 2.54. The summed E-state index contributed by atoms with van der Waals surface area (Å²) in [5.74, 6) is -1.21. The number of hydrogen-bond donors (Lipinski definition) is 7. The number of carbonyl (C=O) groups excluding carboxylic acids is 2. The van der Waals surface area contributed by atoms with Crippen molar-refractivity contribution in [3.63, 3.8) is 0 Å². The number of aliphatic hydroxyl groups is 4. The zero-order valence-corrected chi connectivity index (χ0v) is 38.9. The third-order valence-corrected chi connectivity index (χ3v) is 12.3. The van der Waals surface area contributed by atoms with E-state index in [0.717, 1.165) is 64.2 Å². The van der Waals surface area contributed by atoms with Gasteiger partial charge < -0.3 is 44.6 Å². The van der Waals surface area contributed by atoms with Gasteiger partial charge in [0.05, 0.1) is 6.61 Å². The maximum Gasteiger partial charge on any atom is 0.472 e. The minimum absolute atomic E-state index is 0.0382. The van der Waals surface area contributed by atoms with Crippen molar-refractivity contribution in [3.05, 3.63) is 12.2 Å². The molecule has 0 bridgehead atoms. The van der Waals surface area contributed by atoms with E-state index < -0.39 is 83.5 Å². The van der Waals surface area contributed by atoms with Crippen molar-refractivity contribution in [3.8, 4) is 0 Å². The van der Waals surface area contributed by atoms with Crippen LogP contribution in [-0.4, -0.2) is 103 Å². The van der Waals surface area contributed by atoms with Gasteiger partial charge in [0.1, 0.15) is 43.2 Å². The van der Waals surface area contributed by atoms with Gasteiger partial charge in [-0.15, -0.1) is 0 Å². The zero-order valence-electron chi connectivity index (χ0n) is 37.1. The molecule has 0 radical (unpaired) electrons. The largest absolute Gasteiger partial charge is 0.472 e. The number of aliphatic hydroxyl groups excluding tert-OH is 4. The Balaban J connectivity index is 2.61. The summed E-state index contributed by atoms with van der Waals surface area (Å²) in [7, 11) is -10.7. The molecular formula is C43H82O16P2. The molecule has 0 saturated heterocycles. The molecule has 0 heterocycles. The fourth-order valence-corrected chi connectivity index (χ4v) is 8.74. The highest BCUT2D eigenvalue weighted by Crippen LogP contribution is 2.49. The lowest BCUT2D eigenvalue weighted by atomic mass is 9.85. The first-order chi connectivity index (χ1) is 29.1. The van der Waals surface area contributed by atoms with Crippen LogP contribution in [0.25, 0.3) is 0 Å². The molecule has 0 amide bonds. The Kier molecular flexibility index (Phi) is 33.2. The lowest BCUT2D eigenvalue weighted by Gasteiger charge is -2.43. The average Bonchev–Trinajstić information content (AvgIpc) is 3.21. The molecule has 0 aromatic rings. The SMILES string of the molecule is CCCCCCCCC=CCCCCCCCC(=O)O[C@H](COC(=O)CCCCCCCCCCCCCCC)COP(=O)(O)O[C@H]1C(O)C(O)C(O)[C@@H](OP(=O)(O)O)C1O. The summed E-state index contributed by atoms with van der Waals surface area (Å²) in [6, 6.07) is 0. The predicted molar refractivity (Wildman–Crippen MR) is 232 cm³/mol. The summed E-state index contributed by atoms with van der Waals surface area (Å²) in [5, 5.41) is 41.2. The molecule has 0 aliphatic heterocycles. The summed E-state index contributed by atoms with van der Waals surface area (Å²) in [4.78, 5) is 54.2. The average molecular weight is 917 g/mol. The van der Waals surface area contributed by atoms with Gasteiger partial charge in [-0.1, -0.05) is 154 Å². The standard InChI is InChI=1S/C43H82O16P2/c1-3-5-7-9-11-13-15-17-18-20-22-24-26-28-30-32-37(45)57-35(33-55-36(44)31-29-27-25-23-21-19-16-14-12-10-8-6-4-2)34-56-61(53,54)59-43-40(48)38(46)39(47)42(41(43)49)58-60(50,51)52/h17-18,35,38-43,46-49H,3-16,19-34H2,1-2H3,(H,53,54)(H2,50,51,52)/t35-,38?,39?,40?,41?,42-,43+/m1/s1. The van der Waals surface area contributed by atoms with E-state index in [1.165, 1.54) is 89.9 Å². The van der Waals surface area contributed by atoms with Gasteiger partial charge in [-0.3, -0.25) is 23.2 Å². The number of phosphoric acid groups is 2. The van der Waals surface area contributed by atoms with Crippen LogP contribution in [0.1, 0.15) is 194 Å². The third kappa shape index (κ3) is 29.7. The number of unbranched alkanes of at least 4 members (excludes halogenated alkanes) is 23. The fraction of sp³-hybridized carbons (Fsp3) is 0.907. The first kappa shape index (κ1) is 57.8. The molecule has 1 aliphatic rings. The molecule has 1 fully saturated rings. The maximum atomic E-state index is 13.0. The normalized spacial score (nSPS) is 22.3. The summed E-state index contributed by atoms with van der Waals surface area (Å²) in [5.41, 5.74) is 0. The Morgan fingerprint density at radius 3 is 1.34 bits per heavy atom. The Hall–Kier alpha value is -1.26. The van der Waals surface area contributed by atoms with E-state index >= 15 is 0 Å². The van der Waals surface area contributed by atoms with Crippen LogP contribution in [0.4, 0.5) is 0 Å². The molecule has 16 nitrogen and oxygen atoms in total. The Morgan fingerprint density at radius 1 is 0.508 bits per heavy atom. The third-order valence-electron chi connectivity index (χ3n) is 10.8. The molecule has 1 aliphatic carbocycles. The molecule has 8 atom stereocenters. The van der Waals surface area contributed by atoms with Gasteiger partial charge in [0.15, 0.2) is 6.10 Å². The van der Waals surface area contributed by atoms with Gasteiger partial charge in [-0.25, -0.2) is 9.13 Å². The van der Waals surface area contributed by atoms with E-state index in [1.807, 2.05) is 0 Å². The van der Waals surface area contributed by atoms with Crippen LogP contribution in [0.3, 0.4) is 0 Å². The lowest BCUT2D eigenvalue weighted by Crippen LogP contribution is -2.64. The highest BCUT2D eigenvalue weighted by molar-refractivity contribution is 7.47. The molecule has 1 rings (SSSR count). The van der Waals surface area contributed by atoms with Gasteiger partial charge in [-0.05, 0) is 38.5 Å². The van der Waals surface area contributed by atoms with Crippen LogP contribution in [0.2, 0.25) is 0 Å². The van der Waals surface area contributed by atoms with E-state index in [4.69, 9.17) is 28.3 Å². The van der Waals surface area contributed by atoms with Gasteiger partial charge in [-0.2, -0.15) is 0 Å². The molecule has 0 spiro atoms. The van der Waals surface area contributed by atoms with E-state index in [9.17, 15) is 44.0 Å². The number of esters is 2. The summed E-state index contributed by atoms with van der Waals surface area (Å²) < 4.78 is 49.3. The van der Waals surface area contributed by atoms with Crippen molar-refractivity contribution in [2.75, 3.05) is 13.2 Å². The second-order valence-electron chi connectivity index (χ2n) is 16.5. The van der Waals surface area contributed by atoms with Crippen molar-refractivity contribution in [2.24, 2.45) is 0 Å². The number of hydrogen-bond acceptors (Lipinski definition) is 13. The van der Waals surface area contributed by atoms with Crippen LogP contribution < -0.4 is 0 Å². The molecule has 5 unspecified atom stereocenters. The predicted octanol–water partition coefficient (Wildman–Crippen LogP) is 8.40. The van der Waals surface area contributed by atoms with Crippen molar-refractivity contribution < 1.29 is 76.9 Å².